The van der Waals surface area contributed by atoms with Gasteiger partial charge in [0, 0.05) is 18.2 Å². The summed E-state index contributed by atoms with van der Waals surface area (Å²) in [6.07, 6.45) is 0.239. The number of carbonyl (C=O) groups is 2. The summed E-state index contributed by atoms with van der Waals surface area (Å²) in [7, 11) is 0. The lowest BCUT2D eigenvalue weighted by Gasteiger charge is -2.23. The van der Waals surface area contributed by atoms with Crippen molar-refractivity contribution in [2.24, 2.45) is 5.92 Å². The van der Waals surface area contributed by atoms with E-state index >= 15 is 0 Å². The summed E-state index contributed by atoms with van der Waals surface area (Å²) in [4.78, 5) is 21.6. The van der Waals surface area contributed by atoms with Gasteiger partial charge in [-0.3, -0.25) is 14.9 Å². The highest BCUT2D eigenvalue weighted by atomic mass is 35.5. The third kappa shape index (κ3) is 1.84. The van der Waals surface area contributed by atoms with Gasteiger partial charge in [-0.15, -0.1) is 23.2 Å². The number of rotatable bonds is 1. The zero-order valence-electron chi connectivity index (χ0n) is 5.64. The molecule has 2 amide bonds. The number of imide groups is 1. The lowest BCUT2D eigenvalue weighted by Crippen LogP contribution is -2.47. The standard InChI is InChI=1S/C6H7Cl2NO2/c7-2-3-1-4(10)9-6(11)5(3)8/h3,5H,1-2H2,(H,9,10,11). The van der Waals surface area contributed by atoms with E-state index in [1.807, 2.05) is 0 Å². The molecule has 0 radical (unpaired) electrons. The molecule has 3 nitrogen and oxygen atoms in total. The molecule has 2 unspecified atom stereocenters. The van der Waals surface area contributed by atoms with Gasteiger partial charge in [-0.25, -0.2) is 0 Å². The smallest absolute Gasteiger partial charge is 0.244 e. The molecular weight excluding hydrogens is 189 g/mol. The molecule has 1 heterocycles. The highest BCUT2D eigenvalue weighted by molar-refractivity contribution is 6.33. The van der Waals surface area contributed by atoms with E-state index in [0.29, 0.717) is 0 Å². The van der Waals surface area contributed by atoms with Gasteiger partial charge in [-0.05, 0) is 0 Å². The Labute approximate surface area is 74.0 Å². The van der Waals surface area contributed by atoms with Crippen LogP contribution in [0.2, 0.25) is 0 Å². The fourth-order valence-corrected chi connectivity index (χ4v) is 1.56. The summed E-state index contributed by atoms with van der Waals surface area (Å²) < 4.78 is 0. The first-order valence-electron chi connectivity index (χ1n) is 3.19. The lowest BCUT2D eigenvalue weighted by atomic mass is 9.99. The van der Waals surface area contributed by atoms with Crippen LogP contribution in [0.3, 0.4) is 0 Å². The number of carbonyl (C=O) groups excluding carboxylic acids is 2. The van der Waals surface area contributed by atoms with Crippen LogP contribution in [-0.2, 0) is 9.59 Å². The number of alkyl halides is 2. The number of halogens is 2. The Hall–Kier alpha value is -0.280. The topological polar surface area (TPSA) is 46.2 Å². The summed E-state index contributed by atoms with van der Waals surface area (Å²) in [6, 6.07) is 0. The van der Waals surface area contributed by atoms with Crippen LogP contribution in [0.5, 0.6) is 0 Å². The maximum Gasteiger partial charge on any atom is 0.244 e. The molecule has 1 rings (SSSR count). The van der Waals surface area contributed by atoms with Gasteiger partial charge in [-0.2, -0.15) is 0 Å². The Morgan fingerprint density at radius 2 is 2.18 bits per heavy atom. The number of hydrogen-bond donors (Lipinski definition) is 1. The van der Waals surface area contributed by atoms with Crippen LogP contribution in [0.1, 0.15) is 6.42 Å². The molecule has 0 aromatic rings. The van der Waals surface area contributed by atoms with Crippen LogP contribution in [0.4, 0.5) is 0 Å². The SMILES string of the molecule is O=C1CC(CCl)C(Cl)C(=O)N1. The molecule has 1 N–H and O–H groups in total. The van der Waals surface area contributed by atoms with E-state index in [2.05, 4.69) is 5.32 Å². The van der Waals surface area contributed by atoms with Gasteiger partial charge in [0.15, 0.2) is 0 Å². The van der Waals surface area contributed by atoms with Crippen LogP contribution in [0, 0.1) is 5.92 Å². The number of nitrogens with one attached hydrogen (secondary N) is 1. The normalized spacial score (nSPS) is 31.8. The van der Waals surface area contributed by atoms with E-state index in [0.717, 1.165) is 0 Å². The lowest BCUT2D eigenvalue weighted by molar-refractivity contribution is -0.134. The minimum absolute atomic E-state index is 0.223. The molecular formula is C6H7Cl2NO2. The number of hydrogen-bond acceptors (Lipinski definition) is 2. The molecule has 2 atom stereocenters. The van der Waals surface area contributed by atoms with E-state index in [4.69, 9.17) is 23.2 Å². The summed E-state index contributed by atoms with van der Waals surface area (Å²) in [5, 5.41) is 1.46. The fraction of sp³-hybridized carbons (Fsp3) is 0.667. The van der Waals surface area contributed by atoms with Gasteiger partial charge in [0.1, 0.15) is 5.38 Å². The van der Waals surface area contributed by atoms with Crippen molar-refractivity contribution < 1.29 is 9.59 Å². The van der Waals surface area contributed by atoms with E-state index < -0.39 is 11.3 Å². The maximum absolute atomic E-state index is 10.9. The largest absolute Gasteiger partial charge is 0.295 e. The number of piperidine rings is 1. The Kier molecular flexibility index (Phi) is 2.73. The van der Waals surface area contributed by atoms with E-state index in [9.17, 15) is 9.59 Å². The molecule has 1 aliphatic heterocycles. The van der Waals surface area contributed by atoms with Crippen LogP contribution >= 0.6 is 23.2 Å². The van der Waals surface area contributed by atoms with Gasteiger partial charge < -0.3 is 0 Å². The van der Waals surface area contributed by atoms with Crippen molar-refractivity contribution in [2.75, 3.05) is 5.88 Å². The highest BCUT2D eigenvalue weighted by Crippen LogP contribution is 2.20. The summed E-state index contributed by atoms with van der Waals surface area (Å²) in [5.41, 5.74) is 0. The monoisotopic (exact) mass is 195 g/mol. The maximum atomic E-state index is 10.9. The quantitative estimate of drug-likeness (QED) is 0.490. The first-order chi connectivity index (χ1) is 5.15. The molecule has 62 valence electrons. The Morgan fingerprint density at radius 1 is 1.55 bits per heavy atom. The number of amides is 2. The second-order valence-electron chi connectivity index (χ2n) is 2.43. The van der Waals surface area contributed by atoms with Gasteiger partial charge in [0.05, 0.1) is 0 Å². The molecule has 1 aliphatic rings. The Bertz CT molecular complexity index is 195. The van der Waals surface area contributed by atoms with E-state index in [-0.39, 0.29) is 24.1 Å². The third-order valence-corrected chi connectivity index (χ3v) is 2.52. The van der Waals surface area contributed by atoms with Gasteiger partial charge >= 0.3 is 0 Å². The van der Waals surface area contributed by atoms with Crippen molar-refractivity contribution in [3.63, 3.8) is 0 Å². The minimum atomic E-state index is -0.662. The zero-order chi connectivity index (χ0) is 8.43. The summed E-state index contributed by atoms with van der Waals surface area (Å²) in [6.45, 7) is 0. The van der Waals surface area contributed by atoms with Crippen molar-refractivity contribution in [2.45, 2.75) is 11.8 Å². The van der Waals surface area contributed by atoms with E-state index in [1.165, 1.54) is 0 Å². The second-order valence-corrected chi connectivity index (χ2v) is 3.21. The fourth-order valence-electron chi connectivity index (χ4n) is 0.946. The highest BCUT2D eigenvalue weighted by Gasteiger charge is 2.33. The molecule has 0 bridgehead atoms. The minimum Gasteiger partial charge on any atom is -0.295 e. The van der Waals surface area contributed by atoms with Crippen LogP contribution in [0.15, 0.2) is 0 Å². The average molecular weight is 196 g/mol. The van der Waals surface area contributed by atoms with Crippen molar-refractivity contribution in [1.29, 1.82) is 0 Å². The zero-order valence-corrected chi connectivity index (χ0v) is 7.15. The first-order valence-corrected chi connectivity index (χ1v) is 4.16. The Morgan fingerprint density at radius 3 is 2.73 bits per heavy atom. The van der Waals surface area contributed by atoms with Gasteiger partial charge in [0.2, 0.25) is 11.8 Å². The molecule has 0 saturated carbocycles. The summed E-state index contributed by atoms with van der Waals surface area (Å²) >= 11 is 11.1. The van der Waals surface area contributed by atoms with E-state index in [1.54, 1.807) is 0 Å². The van der Waals surface area contributed by atoms with Crippen LogP contribution < -0.4 is 5.32 Å². The van der Waals surface area contributed by atoms with Crippen molar-refractivity contribution >= 4 is 35.0 Å². The average Bonchev–Trinajstić information content (AvgIpc) is 1.96. The molecule has 0 aromatic carbocycles. The predicted molar refractivity (Wildman–Crippen MR) is 41.6 cm³/mol. The third-order valence-electron chi connectivity index (χ3n) is 1.57. The second kappa shape index (κ2) is 3.41. The Balaban J connectivity index is 2.66. The van der Waals surface area contributed by atoms with Crippen molar-refractivity contribution in [3.05, 3.63) is 0 Å². The first kappa shape index (κ1) is 8.81. The predicted octanol–water partition coefficient (Wildman–Crippen LogP) is 0.495. The summed E-state index contributed by atoms with van der Waals surface area (Å²) in [5.74, 6) is -0.710. The molecule has 11 heavy (non-hydrogen) atoms. The molecule has 0 aliphatic carbocycles. The van der Waals surface area contributed by atoms with Crippen LogP contribution in [0.25, 0.3) is 0 Å². The molecule has 0 spiro atoms. The van der Waals surface area contributed by atoms with Gasteiger partial charge in [-0.1, -0.05) is 0 Å². The van der Waals surface area contributed by atoms with Crippen molar-refractivity contribution in [1.82, 2.24) is 5.32 Å². The molecule has 1 saturated heterocycles. The molecule has 1 fully saturated rings. The van der Waals surface area contributed by atoms with Crippen molar-refractivity contribution in [3.8, 4) is 0 Å². The molecule has 0 aromatic heterocycles. The molecule has 5 heteroatoms. The van der Waals surface area contributed by atoms with Crippen LogP contribution in [-0.4, -0.2) is 23.1 Å². The van der Waals surface area contributed by atoms with Gasteiger partial charge in [0.25, 0.3) is 0 Å².